The van der Waals surface area contributed by atoms with E-state index in [9.17, 15) is 13.6 Å². The van der Waals surface area contributed by atoms with Crippen LogP contribution in [0.1, 0.15) is 49.7 Å². The summed E-state index contributed by atoms with van der Waals surface area (Å²) in [5.41, 5.74) is 1.14. The molecule has 3 atom stereocenters. The number of nitrogens with one attached hydrogen (secondary N) is 1. The fraction of sp³-hybridized carbons (Fsp3) is 0.476. The standard InChI is InChI=1S/C21H26F2N4OS/c1-3-4-14-9-25-21(26-10-14)20(19-8-17(29)11-24-19)27(13(2)28)12-15-7-16(22)5-6-18(15)23/h5-7,9-10,17,19-20,24,29H,3-4,8,11-12H2,1-2H3. The van der Waals surface area contributed by atoms with Gasteiger partial charge < -0.3 is 10.2 Å². The third kappa shape index (κ3) is 5.30. The lowest BCUT2D eigenvalue weighted by molar-refractivity contribution is -0.133. The van der Waals surface area contributed by atoms with Crippen LogP contribution in [-0.4, -0.2) is 38.6 Å². The number of rotatable bonds is 7. The smallest absolute Gasteiger partial charge is 0.220 e. The summed E-state index contributed by atoms with van der Waals surface area (Å²) in [6.07, 6.45) is 6.11. The van der Waals surface area contributed by atoms with E-state index >= 15 is 0 Å². The van der Waals surface area contributed by atoms with E-state index < -0.39 is 17.7 Å². The molecular formula is C21H26F2N4OS. The molecule has 1 amide bonds. The number of benzene rings is 1. The lowest BCUT2D eigenvalue weighted by Crippen LogP contribution is -2.44. The molecule has 2 heterocycles. The molecule has 0 spiro atoms. The minimum atomic E-state index is -0.554. The van der Waals surface area contributed by atoms with Crippen molar-refractivity contribution in [1.82, 2.24) is 20.2 Å². The van der Waals surface area contributed by atoms with Gasteiger partial charge in [0, 0.05) is 49.3 Å². The van der Waals surface area contributed by atoms with Crippen LogP contribution < -0.4 is 5.32 Å². The van der Waals surface area contributed by atoms with E-state index in [4.69, 9.17) is 0 Å². The summed E-state index contributed by atoms with van der Waals surface area (Å²) in [7, 11) is 0. The van der Waals surface area contributed by atoms with Gasteiger partial charge in [0.1, 0.15) is 17.7 Å². The Kier molecular flexibility index (Phi) is 7.18. The number of amides is 1. The molecule has 1 fully saturated rings. The molecular weight excluding hydrogens is 394 g/mol. The largest absolute Gasteiger partial charge is 0.327 e. The van der Waals surface area contributed by atoms with Crippen LogP contribution in [0.4, 0.5) is 8.78 Å². The first-order chi connectivity index (χ1) is 13.9. The van der Waals surface area contributed by atoms with Crippen LogP contribution in [0.3, 0.4) is 0 Å². The summed E-state index contributed by atoms with van der Waals surface area (Å²) >= 11 is 4.54. The Bertz CT molecular complexity index is 849. The number of aryl methyl sites for hydroxylation is 1. The second kappa shape index (κ2) is 9.63. The first-order valence-corrected chi connectivity index (χ1v) is 10.3. The van der Waals surface area contributed by atoms with Crippen molar-refractivity contribution in [3.8, 4) is 0 Å². The van der Waals surface area contributed by atoms with E-state index in [2.05, 4.69) is 34.8 Å². The fourth-order valence-electron chi connectivity index (χ4n) is 3.71. The summed E-state index contributed by atoms with van der Waals surface area (Å²) in [4.78, 5) is 23.1. The van der Waals surface area contributed by atoms with Gasteiger partial charge in [-0.25, -0.2) is 18.7 Å². The minimum absolute atomic E-state index is 0.0704. The highest BCUT2D eigenvalue weighted by atomic mass is 32.1. The number of carbonyl (C=O) groups is 1. The van der Waals surface area contributed by atoms with E-state index in [1.54, 1.807) is 12.4 Å². The lowest BCUT2D eigenvalue weighted by Gasteiger charge is -2.34. The monoisotopic (exact) mass is 420 g/mol. The zero-order valence-corrected chi connectivity index (χ0v) is 17.5. The minimum Gasteiger partial charge on any atom is -0.327 e. The van der Waals surface area contributed by atoms with Crippen molar-refractivity contribution in [2.75, 3.05) is 6.54 Å². The van der Waals surface area contributed by atoms with Gasteiger partial charge in [-0.2, -0.15) is 12.6 Å². The van der Waals surface area contributed by atoms with Crippen molar-refractivity contribution in [1.29, 1.82) is 0 Å². The van der Waals surface area contributed by atoms with Crippen LogP contribution in [0.5, 0.6) is 0 Å². The molecule has 1 aliphatic heterocycles. The third-order valence-corrected chi connectivity index (χ3v) is 5.53. The van der Waals surface area contributed by atoms with Gasteiger partial charge in [0.2, 0.25) is 5.91 Å². The molecule has 29 heavy (non-hydrogen) atoms. The van der Waals surface area contributed by atoms with Crippen LogP contribution in [-0.2, 0) is 17.8 Å². The summed E-state index contributed by atoms with van der Waals surface area (Å²) in [6, 6.07) is 2.62. The van der Waals surface area contributed by atoms with Crippen molar-refractivity contribution >= 4 is 18.5 Å². The summed E-state index contributed by atoms with van der Waals surface area (Å²) in [5.74, 6) is -0.876. The maximum absolute atomic E-state index is 14.3. The molecule has 0 bridgehead atoms. The zero-order valence-electron chi connectivity index (χ0n) is 16.6. The maximum atomic E-state index is 14.3. The molecule has 1 aliphatic rings. The molecule has 0 saturated carbocycles. The summed E-state index contributed by atoms with van der Waals surface area (Å²) < 4.78 is 27.9. The van der Waals surface area contributed by atoms with E-state index in [1.807, 2.05) is 0 Å². The number of nitrogens with zero attached hydrogens (tertiary/aromatic N) is 3. The first-order valence-electron chi connectivity index (χ1n) is 9.82. The lowest BCUT2D eigenvalue weighted by atomic mass is 10.0. The molecule has 0 radical (unpaired) electrons. The Hall–Kier alpha value is -2.06. The van der Waals surface area contributed by atoms with E-state index in [1.165, 1.54) is 11.8 Å². The van der Waals surface area contributed by atoms with Gasteiger partial charge in [-0.1, -0.05) is 13.3 Å². The zero-order chi connectivity index (χ0) is 21.0. The van der Waals surface area contributed by atoms with E-state index in [-0.39, 0.29) is 29.3 Å². The Morgan fingerprint density at radius 1 is 1.34 bits per heavy atom. The van der Waals surface area contributed by atoms with Gasteiger partial charge in [-0.05, 0) is 36.6 Å². The van der Waals surface area contributed by atoms with Crippen LogP contribution in [0, 0.1) is 11.6 Å². The van der Waals surface area contributed by atoms with Gasteiger partial charge >= 0.3 is 0 Å². The SMILES string of the molecule is CCCc1cnc(C(C2CC(S)CN2)N(Cc2cc(F)ccc2F)C(C)=O)nc1. The number of halogens is 2. The number of thiol groups is 1. The Morgan fingerprint density at radius 3 is 2.66 bits per heavy atom. The summed E-state index contributed by atoms with van der Waals surface area (Å²) in [6.45, 7) is 4.12. The van der Waals surface area contributed by atoms with Crippen molar-refractivity contribution in [3.63, 3.8) is 0 Å². The molecule has 1 N–H and O–H groups in total. The van der Waals surface area contributed by atoms with Crippen molar-refractivity contribution in [2.24, 2.45) is 0 Å². The number of hydrogen-bond donors (Lipinski definition) is 2. The first kappa shape index (κ1) is 21.6. The van der Waals surface area contributed by atoms with Crippen molar-refractivity contribution < 1.29 is 13.6 Å². The van der Waals surface area contributed by atoms with E-state index in [0.717, 1.165) is 36.6 Å². The molecule has 156 valence electrons. The average molecular weight is 421 g/mol. The summed E-state index contributed by atoms with van der Waals surface area (Å²) in [5, 5.41) is 3.51. The van der Waals surface area contributed by atoms with Crippen LogP contribution in [0.25, 0.3) is 0 Å². The van der Waals surface area contributed by atoms with Crippen molar-refractivity contribution in [2.45, 2.75) is 57.0 Å². The highest BCUT2D eigenvalue weighted by Crippen LogP contribution is 2.30. The molecule has 0 aliphatic carbocycles. The highest BCUT2D eigenvalue weighted by Gasteiger charge is 2.37. The molecule has 8 heteroatoms. The Balaban J connectivity index is 1.97. The highest BCUT2D eigenvalue weighted by molar-refractivity contribution is 7.81. The molecule has 1 aromatic carbocycles. The predicted molar refractivity (Wildman–Crippen MR) is 111 cm³/mol. The Morgan fingerprint density at radius 2 is 2.07 bits per heavy atom. The fourth-order valence-corrected chi connectivity index (χ4v) is 4.05. The number of hydrogen-bond acceptors (Lipinski definition) is 5. The van der Waals surface area contributed by atoms with Crippen LogP contribution in [0.2, 0.25) is 0 Å². The number of aromatic nitrogens is 2. The molecule has 2 aromatic rings. The van der Waals surface area contributed by atoms with Gasteiger partial charge in [0.15, 0.2) is 5.82 Å². The van der Waals surface area contributed by atoms with Gasteiger partial charge in [-0.15, -0.1) is 0 Å². The quantitative estimate of drug-likeness (QED) is 0.674. The topological polar surface area (TPSA) is 58.1 Å². The maximum Gasteiger partial charge on any atom is 0.220 e. The Labute approximate surface area is 175 Å². The second-order valence-electron chi connectivity index (χ2n) is 7.43. The van der Waals surface area contributed by atoms with Gasteiger partial charge in [0.25, 0.3) is 0 Å². The molecule has 5 nitrogen and oxygen atoms in total. The van der Waals surface area contributed by atoms with Gasteiger partial charge in [0.05, 0.1) is 0 Å². The third-order valence-electron chi connectivity index (χ3n) is 5.14. The molecule has 3 unspecified atom stereocenters. The number of carbonyl (C=O) groups excluding carboxylic acids is 1. The van der Waals surface area contributed by atoms with E-state index in [0.29, 0.717) is 18.8 Å². The van der Waals surface area contributed by atoms with Gasteiger partial charge in [-0.3, -0.25) is 4.79 Å². The average Bonchev–Trinajstić information content (AvgIpc) is 3.11. The molecule has 1 saturated heterocycles. The predicted octanol–water partition coefficient (Wildman–Crippen LogP) is 3.46. The normalized spacial score (nSPS) is 19.9. The molecule has 3 rings (SSSR count). The van der Waals surface area contributed by atoms with Crippen LogP contribution >= 0.6 is 12.6 Å². The van der Waals surface area contributed by atoms with Crippen LogP contribution in [0.15, 0.2) is 30.6 Å². The van der Waals surface area contributed by atoms with Crippen molar-refractivity contribution in [3.05, 3.63) is 59.2 Å². The second-order valence-corrected chi connectivity index (χ2v) is 8.16. The molecule has 1 aromatic heterocycles.